The molecule has 1 N–H and O–H groups in total. The number of carbonyl (C=O) groups is 2. The van der Waals surface area contributed by atoms with Crippen LogP contribution in [0.5, 0.6) is 0 Å². The average Bonchev–Trinajstić information content (AvgIpc) is 2.45. The molecule has 0 saturated carbocycles. The van der Waals surface area contributed by atoms with Gasteiger partial charge in [0.25, 0.3) is 5.91 Å². The Morgan fingerprint density at radius 1 is 1.27 bits per heavy atom. The molecule has 1 amide bonds. The van der Waals surface area contributed by atoms with E-state index in [1.54, 1.807) is 13.0 Å². The van der Waals surface area contributed by atoms with Crippen LogP contribution >= 0.6 is 0 Å². The Morgan fingerprint density at radius 2 is 1.91 bits per heavy atom. The molecule has 22 heavy (non-hydrogen) atoms. The number of nitrogens with one attached hydrogen (secondary N) is 1. The molecule has 0 heterocycles. The molecule has 0 aromatic heterocycles. The number of Topliss-reactive ketones (excluding diaryl/α,β-unsaturated/α-hetero) is 1. The second-order valence-electron chi connectivity index (χ2n) is 4.15. The highest BCUT2D eigenvalue weighted by molar-refractivity contribution is 6.36. The lowest BCUT2D eigenvalue weighted by Gasteiger charge is -2.09. The molecule has 0 rings (SSSR count). The fraction of sp³-hybridized carbons (Fsp3) is 0.375. The van der Waals surface area contributed by atoms with Crippen molar-refractivity contribution < 1.29 is 22.8 Å². The summed E-state index contributed by atoms with van der Waals surface area (Å²) in [7, 11) is 0. The summed E-state index contributed by atoms with van der Waals surface area (Å²) in [5.41, 5.74) is -1.34. The maximum Gasteiger partial charge on any atom is 0.417 e. The Balaban J connectivity index is 4.83. The number of hydrogen-bond acceptors (Lipinski definition) is 2. The topological polar surface area (TPSA) is 46.2 Å². The van der Waals surface area contributed by atoms with Gasteiger partial charge in [-0.05, 0) is 12.5 Å². The number of rotatable bonds is 6. The lowest BCUT2D eigenvalue weighted by molar-refractivity contribution is -0.137. The van der Waals surface area contributed by atoms with E-state index in [-0.39, 0.29) is 13.0 Å². The summed E-state index contributed by atoms with van der Waals surface area (Å²) in [5, 5.41) is 2.20. The van der Waals surface area contributed by atoms with Gasteiger partial charge in [0.15, 0.2) is 0 Å². The standard InChI is InChI=1S/C16H18F3NO2/c1-4-6-7-10-13(16(17,18)19)12(3)9-8-11-20-15(22)14(21)5-2/h6-7,10H,3-5,11H2,1-2H3,(H,20,22)/b7-6-,13-10+. The molecule has 0 spiro atoms. The molecule has 0 atom stereocenters. The second-order valence-corrected chi connectivity index (χ2v) is 4.15. The SMILES string of the molecule is C=C(C#CCNC(=O)C(=O)CC)/C(=C\C=C/CC)C(F)(F)F. The normalized spacial score (nSPS) is 11.8. The van der Waals surface area contributed by atoms with E-state index in [4.69, 9.17) is 0 Å². The van der Waals surface area contributed by atoms with Gasteiger partial charge in [0.1, 0.15) is 0 Å². The fourth-order valence-corrected chi connectivity index (χ4v) is 1.27. The third-order valence-electron chi connectivity index (χ3n) is 2.42. The monoisotopic (exact) mass is 313 g/mol. The summed E-state index contributed by atoms with van der Waals surface area (Å²) >= 11 is 0. The molecule has 0 radical (unpaired) electrons. The van der Waals surface area contributed by atoms with Crippen LogP contribution in [0.15, 0.2) is 36.0 Å². The molecule has 0 aliphatic carbocycles. The molecular weight excluding hydrogens is 295 g/mol. The van der Waals surface area contributed by atoms with Gasteiger partial charge in [0.05, 0.1) is 12.1 Å². The number of halogens is 3. The first-order valence-corrected chi connectivity index (χ1v) is 6.67. The van der Waals surface area contributed by atoms with Crippen molar-refractivity contribution in [3.63, 3.8) is 0 Å². The predicted molar refractivity (Wildman–Crippen MR) is 78.8 cm³/mol. The minimum atomic E-state index is -4.56. The summed E-state index contributed by atoms with van der Waals surface area (Å²) < 4.78 is 38.5. The summed E-state index contributed by atoms with van der Waals surface area (Å²) in [6.07, 6.45) is -0.140. The number of allylic oxidation sites excluding steroid dienone is 5. The van der Waals surface area contributed by atoms with Gasteiger partial charge < -0.3 is 5.32 Å². The van der Waals surface area contributed by atoms with Crippen LogP contribution < -0.4 is 5.32 Å². The van der Waals surface area contributed by atoms with Crippen molar-refractivity contribution in [1.29, 1.82) is 0 Å². The number of hydrogen-bond donors (Lipinski definition) is 1. The summed E-state index contributed by atoms with van der Waals surface area (Å²) in [5.74, 6) is 3.16. The zero-order valence-corrected chi connectivity index (χ0v) is 12.5. The molecule has 0 aliphatic heterocycles. The third-order valence-corrected chi connectivity index (χ3v) is 2.42. The van der Waals surface area contributed by atoms with E-state index in [2.05, 4.69) is 23.7 Å². The van der Waals surface area contributed by atoms with Crippen molar-refractivity contribution in [3.8, 4) is 11.8 Å². The maximum absolute atomic E-state index is 12.8. The van der Waals surface area contributed by atoms with Crippen LogP contribution in [0.4, 0.5) is 13.2 Å². The Bertz CT molecular complexity index is 546. The van der Waals surface area contributed by atoms with Crippen molar-refractivity contribution >= 4 is 11.7 Å². The summed E-state index contributed by atoms with van der Waals surface area (Å²) in [6.45, 7) is 6.40. The molecule has 0 unspecified atom stereocenters. The van der Waals surface area contributed by atoms with E-state index in [1.807, 2.05) is 0 Å². The maximum atomic E-state index is 12.8. The van der Waals surface area contributed by atoms with Gasteiger partial charge in [-0.1, -0.05) is 44.4 Å². The van der Waals surface area contributed by atoms with E-state index < -0.39 is 29.0 Å². The zero-order chi connectivity index (χ0) is 17.2. The number of carbonyl (C=O) groups excluding carboxylic acids is 2. The third kappa shape index (κ3) is 7.48. The molecule has 0 aromatic carbocycles. The van der Waals surface area contributed by atoms with Gasteiger partial charge in [-0.3, -0.25) is 9.59 Å². The lowest BCUT2D eigenvalue weighted by Crippen LogP contribution is -2.30. The Morgan fingerprint density at radius 3 is 2.41 bits per heavy atom. The lowest BCUT2D eigenvalue weighted by atomic mass is 10.1. The first-order valence-electron chi connectivity index (χ1n) is 6.67. The Labute approximate surface area is 128 Å². The van der Waals surface area contributed by atoms with Gasteiger partial charge in [0, 0.05) is 12.0 Å². The van der Waals surface area contributed by atoms with Crippen LogP contribution in [0.1, 0.15) is 26.7 Å². The van der Waals surface area contributed by atoms with Crippen LogP contribution in [0.3, 0.4) is 0 Å². The minimum absolute atomic E-state index is 0.0523. The first-order chi connectivity index (χ1) is 10.2. The first kappa shape index (κ1) is 19.7. The predicted octanol–water partition coefficient (Wildman–Crippen LogP) is 3.10. The second kappa shape index (κ2) is 9.61. The fourth-order valence-electron chi connectivity index (χ4n) is 1.27. The van der Waals surface area contributed by atoms with E-state index in [9.17, 15) is 22.8 Å². The molecule has 0 bridgehead atoms. The molecule has 3 nitrogen and oxygen atoms in total. The summed E-state index contributed by atoms with van der Waals surface area (Å²) in [4.78, 5) is 22.1. The van der Waals surface area contributed by atoms with Crippen LogP contribution in [0.2, 0.25) is 0 Å². The van der Waals surface area contributed by atoms with Gasteiger partial charge in [-0.25, -0.2) is 0 Å². The van der Waals surface area contributed by atoms with Gasteiger partial charge >= 0.3 is 6.18 Å². The van der Waals surface area contributed by atoms with Crippen molar-refractivity contribution in [2.24, 2.45) is 0 Å². The highest BCUT2D eigenvalue weighted by Gasteiger charge is 2.34. The quantitative estimate of drug-likeness (QED) is 0.465. The smallest absolute Gasteiger partial charge is 0.339 e. The van der Waals surface area contributed by atoms with E-state index in [0.29, 0.717) is 6.42 Å². The highest BCUT2D eigenvalue weighted by atomic mass is 19.4. The highest BCUT2D eigenvalue weighted by Crippen LogP contribution is 2.30. The van der Waals surface area contributed by atoms with Gasteiger partial charge in [-0.15, -0.1) is 0 Å². The molecule has 120 valence electrons. The van der Waals surface area contributed by atoms with Crippen molar-refractivity contribution in [3.05, 3.63) is 36.0 Å². The minimum Gasteiger partial charge on any atom is -0.339 e. The van der Waals surface area contributed by atoms with E-state index in [0.717, 1.165) is 6.08 Å². The van der Waals surface area contributed by atoms with E-state index in [1.165, 1.54) is 13.0 Å². The van der Waals surface area contributed by atoms with Crippen LogP contribution in [0, 0.1) is 11.8 Å². The average molecular weight is 313 g/mol. The zero-order valence-electron chi connectivity index (χ0n) is 12.5. The molecule has 0 aromatic rings. The molecule has 0 saturated heterocycles. The van der Waals surface area contributed by atoms with Crippen LogP contribution in [0.25, 0.3) is 0 Å². The molecule has 0 aliphatic rings. The van der Waals surface area contributed by atoms with Crippen LogP contribution in [-0.4, -0.2) is 24.4 Å². The van der Waals surface area contributed by atoms with Crippen molar-refractivity contribution in [2.45, 2.75) is 32.9 Å². The molecule has 0 fully saturated rings. The molecule has 6 heteroatoms. The number of amides is 1. The van der Waals surface area contributed by atoms with E-state index >= 15 is 0 Å². The largest absolute Gasteiger partial charge is 0.417 e. The summed E-state index contributed by atoms with van der Waals surface area (Å²) in [6, 6.07) is 0. The van der Waals surface area contributed by atoms with Crippen molar-refractivity contribution in [2.75, 3.05) is 6.54 Å². The Hall–Kier alpha value is -2.29. The number of alkyl halides is 3. The van der Waals surface area contributed by atoms with Crippen molar-refractivity contribution in [1.82, 2.24) is 5.32 Å². The van der Waals surface area contributed by atoms with Crippen LogP contribution in [-0.2, 0) is 9.59 Å². The number of ketones is 1. The molecular formula is C16H18F3NO2. The van der Waals surface area contributed by atoms with Gasteiger partial charge in [0.2, 0.25) is 5.78 Å². The Kier molecular flexibility index (Phi) is 8.61. The van der Waals surface area contributed by atoms with Gasteiger partial charge in [-0.2, -0.15) is 13.2 Å².